The lowest BCUT2D eigenvalue weighted by molar-refractivity contribution is 0.313. The van der Waals surface area contributed by atoms with Crippen LogP contribution in [0.15, 0.2) is 60.7 Å². The van der Waals surface area contributed by atoms with Gasteiger partial charge in [0.15, 0.2) is 0 Å². The van der Waals surface area contributed by atoms with Gasteiger partial charge in [0.05, 0.1) is 0 Å². The van der Waals surface area contributed by atoms with Gasteiger partial charge in [-0.25, -0.2) is 4.98 Å². The summed E-state index contributed by atoms with van der Waals surface area (Å²) in [6.07, 6.45) is 0. The molecule has 0 atom stereocenters. The minimum Gasteiger partial charge on any atom is -0.369 e. The summed E-state index contributed by atoms with van der Waals surface area (Å²) >= 11 is 0. The largest absolute Gasteiger partial charge is 0.369 e. The van der Waals surface area contributed by atoms with Gasteiger partial charge in [-0.3, -0.25) is 0 Å². The molecule has 6 heteroatoms. The van der Waals surface area contributed by atoms with Crippen LogP contribution in [0.5, 0.6) is 0 Å². The second-order valence-corrected chi connectivity index (χ2v) is 7.55. The van der Waals surface area contributed by atoms with E-state index in [4.69, 9.17) is 4.98 Å². The van der Waals surface area contributed by atoms with Crippen LogP contribution in [0.4, 0.5) is 28.8 Å². The van der Waals surface area contributed by atoms with Crippen molar-refractivity contribution in [2.75, 3.05) is 55.4 Å². The van der Waals surface area contributed by atoms with Crippen molar-refractivity contribution in [1.29, 1.82) is 0 Å². The zero-order valence-electron chi connectivity index (χ0n) is 17.3. The molecule has 4 rings (SSSR count). The molecule has 3 aromatic rings. The molecule has 0 bridgehead atoms. The van der Waals surface area contributed by atoms with Crippen molar-refractivity contribution in [1.82, 2.24) is 14.9 Å². The number of aryl methyl sites for hydroxylation is 1. The third-order valence-corrected chi connectivity index (χ3v) is 5.29. The zero-order valence-corrected chi connectivity index (χ0v) is 17.3. The monoisotopic (exact) mass is 388 g/mol. The maximum atomic E-state index is 4.71. The van der Waals surface area contributed by atoms with Crippen LogP contribution in [0.3, 0.4) is 0 Å². The first-order chi connectivity index (χ1) is 14.1. The smallest absolute Gasteiger partial charge is 0.231 e. The highest BCUT2D eigenvalue weighted by molar-refractivity contribution is 5.63. The summed E-state index contributed by atoms with van der Waals surface area (Å²) in [7, 11) is 4.16. The Balaban J connectivity index is 1.48. The van der Waals surface area contributed by atoms with Gasteiger partial charge >= 0.3 is 0 Å². The van der Waals surface area contributed by atoms with Crippen LogP contribution in [-0.4, -0.2) is 55.1 Å². The molecule has 0 spiro atoms. The van der Waals surface area contributed by atoms with Gasteiger partial charge < -0.3 is 20.0 Å². The van der Waals surface area contributed by atoms with Crippen molar-refractivity contribution >= 4 is 28.8 Å². The lowest BCUT2D eigenvalue weighted by atomic mass is 10.2. The van der Waals surface area contributed by atoms with E-state index in [-0.39, 0.29) is 0 Å². The fourth-order valence-corrected chi connectivity index (χ4v) is 3.50. The Hall–Kier alpha value is -3.12. The molecule has 1 saturated heterocycles. The molecule has 0 amide bonds. The molecule has 0 radical (unpaired) electrons. The van der Waals surface area contributed by atoms with E-state index in [1.54, 1.807) is 0 Å². The molecule has 0 aliphatic carbocycles. The first kappa shape index (κ1) is 19.2. The normalized spacial score (nSPS) is 14.7. The Bertz CT molecular complexity index is 933. The Labute approximate surface area is 172 Å². The molecular weight excluding hydrogens is 360 g/mol. The van der Waals surface area contributed by atoms with Crippen LogP contribution in [0.1, 0.15) is 5.69 Å². The van der Waals surface area contributed by atoms with E-state index in [9.17, 15) is 0 Å². The van der Waals surface area contributed by atoms with Crippen LogP contribution in [0.25, 0.3) is 0 Å². The Morgan fingerprint density at radius 3 is 2.28 bits per heavy atom. The van der Waals surface area contributed by atoms with Crippen molar-refractivity contribution in [3.63, 3.8) is 0 Å². The Morgan fingerprint density at radius 2 is 1.59 bits per heavy atom. The van der Waals surface area contributed by atoms with Crippen molar-refractivity contribution in [2.45, 2.75) is 6.92 Å². The van der Waals surface area contributed by atoms with E-state index >= 15 is 0 Å². The number of nitrogens with one attached hydrogen (secondary N) is 1. The van der Waals surface area contributed by atoms with E-state index in [0.717, 1.165) is 49.1 Å². The second-order valence-electron chi connectivity index (χ2n) is 7.55. The van der Waals surface area contributed by atoms with Gasteiger partial charge in [0.1, 0.15) is 5.82 Å². The molecule has 29 heavy (non-hydrogen) atoms. The van der Waals surface area contributed by atoms with E-state index in [1.807, 2.05) is 43.1 Å². The van der Waals surface area contributed by atoms with Gasteiger partial charge in [0, 0.05) is 62.0 Å². The van der Waals surface area contributed by atoms with Crippen molar-refractivity contribution in [3.8, 4) is 0 Å². The average Bonchev–Trinajstić information content (AvgIpc) is 2.75. The number of para-hydroxylation sites is 1. The molecule has 0 saturated carbocycles. The molecule has 0 unspecified atom stereocenters. The second kappa shape index (κ2) is 8.49. The molecule has 1 fully saturated rings. The highest BCUT2D eigenvalue weighted by atomic mass is 15.3. The predicted octanol–water partition coefficient (Wildman–Crippen LogP) is 4.05. The predicted molar refractivity (Wildman–Crippen MR) is 121 cm³/mol. The molecule has 6 nitrogen and oxygen atoms in total. The molecule has 150 valence electrons. The van der Waals surface area contributed by atoms with E-state index in [0.29, 0.717) is 5.95 Å². The van der Waals surface area contributed by atoms with E-state index < -0.39 is 0 Å². The molecule has 1 aromatic heterocycles. The topological polar surface area (TPSA) is 47.5 Å². The van der Waals surface area contributed by atoms with Gasteiger partial charge in [-0.1, -0.05) is 18.2 Å². The Morgan fingerprint density at radius 1 is 0.897 bits per heavy atom. The number of anilines is 5. The highest BCUT2D eigenvalue weighted by Gasteiger charge is 2.14. The molecule has 1 aliphatic rings. The maximum absolute atomic E-state index is 4.71. The van der Waals surface area contributed by atoms with Crippen molar-refractivity contribution < 1.29 is 0 Å². The zero-order chi connectivity index (χ0) is 20.2. The summed E-state index contributed by atoms with van der Waals surface area (Å²) in [5.74, 6) is 1.47. The van der Waals surface area contributed by atoms with Crippen LogP contribution < -0.4 is 15.1 Å². The van der Waals surface area contributed by atoms with Crippen LogP contribution >= 0.6 is 0 Å². The van der Waals surface area contributed by atoms with Gasteiger partial charge in [0.2, 0.25) is 5.95 Å². The first-order valence-corrected chi connectivity index (χ1v) is 10.0. The highest BCUT2D eigenvalue weighted by Crippen LogP contribution is 2.25. The number of likely N-dealkylation sites (N-methyl/N-ethyl adjacent to an activating group) is 1. The third-order valence-electron chi connectivity index (χ3n) is 5.29. The first-order valence-electron chi connectivity index (χ1n) is 10.0. The summed E-state index contributed by atoms with van der Waals surface area (Å²) in [5, 5.41) is 3.42. The average molecular weight is 389 g/mol. The number of benzene rings is 2. The van der Waals surface area contributed by atoms with Gasteiger partial charge in [-0.15, -0.1) is 0 Å². The number of piperazine rings is 1. The molecule has 2 heterocycles. The summed E-state index contributed by atoms with van der Waals surface area (Å²) < 4.78 is 0. The maximum Gasteiger partial charge on any atom is 0.231 e. The van der Waals surface area contributed by atoms with Gasteiger partial charge in [-0.05, 0) is 50.4 Å². The number of nitrogens with zero attached hydrogens (tertiary/aromatic N) is 5. The van der Waals surface area contributed by atoms with Crippen molar-refractivity contribution in [3.05, 3.63) is 66.4 Å². The van der Waals surface area contributed by atoms with E-state index in [2.05, 4.69) is 63.5 Å². The van der Waals surface area contributed by atoms with Gasteiger partial charge in [-0.2, -0.15) is 4.98 Å². The molecule has 1 aliphatic heterocycles. The van der Waals surface area contributed by atoms with Crippen LogP contribution in [0.2, 0.25) is 0 Å². The third kappa shape index (κ3) is 4.66. The minimum absolute atomic E-state index is 0.674. The number of hydrogen-bond donors (Lipinski definition) is 1. The minimum atomic E-state index is 0.674. The van der Waals surface area contributed by atoms with Crippen LogP contribution in [0, 0.1) is 6.92 Å². The number of rotatable bonds is 5. The van der Waals surface area contributed by atoms with Crippen LogP contribution in [-0.2, 0) is 0 Å². The standard InChI is InChI=1S/C23H28N6/c1-18-17-22(26-23(24-18)28(3)20-7-5-4-6-8-20)25-19-9-11-21(12-10-19)29-15-13-27(2)14-16-29/h4-12,17H,13-16H2,1-3H3,(H,24,25,26). The summed E-state index contributed by atoms with van der Waals surface area (Å²) in [5.41, 5.74) is 4.27. The Kier molecular flexibility index (Phi) is 5.62. The number of aromatic nitrogens is 2. The fourth-order valence-electron chi connectivity index (χ4n) is 3.50. The molecule has 1 N–H and O–H groups in total. The fraction of sp³-hybridized carbons (Fsp3) is 0.304. The summed E-state index contributed by atoms with van der Waals surface area (Å²) in [4.78, 5) is 16.1. The summed E-state index contributed by atoms with van der Waals surface area (Å²) in [6.45, 7) is 6.36. The van der Waals surface area contributed by atoms with E-state index in [1.165, 1.54) is 5.69 Å². The lowest BCUT2D eigenvalue weighted by Gasteiger charge is -2.34. The lowest BCUT2D eigenvalue weighted by Crippen LogP contribution is -2.44. The van der Waals surface area contributed by atoms with Gasteiger partial charge in [0.25, 0.3) is 0 Å². The SMILES string of the molecule is Cc1cc(Nc2ccc(N3CCN(C)CC3)cc2)nc(N(C)c2ccccc2)n1. The van der Waals surface area contributed by atoms with Crippen molar-refractivity contribution in [2.24, 2.45) is 0 Å². The quantitative estimate of drug-likeness (QED) is 0.712. The molecular formula is C23H28N6. The number of hydrogen-bond acceptors (Lipinski definition) is 6. The molecule has 2 aromatic carbocycles. The summed E-state index contributed by atoms with van der Waals surface area (Å²) in [6, 6.07) is 20.7.